The number of rotatable bonds is 1. The molecule has 0 amide bonds. The van der Waals surface area contributed by atoms with E-state index in [0.29, 0.717) is 5.11 Å². The summed E-state index contributed by atoms with van der Waals surface area (Å²) in [6.07, 6.45) is 0. The zero-order valence-electron chi connectivity index (χ0n) is 10.6. The Hall–Kier alpha value is -1.09. The maximum atomic E-state index is 5.24. The zero-order chi connectivity index (χ0) is 12.3. The second kappa shape index (κ2) is 4.83. The molecule has 0 fully saturated rings. The highest BCUT2D eigenvalue weighted by Crippen LogP contribution is 2.14. The first-order chi connectivity index (χ1) is 7.28. The summed E-state index contributed by atoms with van der Waals surface area (Å²) in [6.45, 7) is 10.5. The maximum absolute atomic E-state index is 5.24. The number of benzene rings is 1. The first kappa shape index (κ1) is 13.0. The maximum Gasteiger partial charge on any atom is 0.171 e. The average molecular weight is 236 g/mol. The van der Waals surface area contributed by atoms with E-state index in [4.69, 9.17) is 12.2 Å². The summed E-state index contributed by atoms with van der Waals surface area (Å²) in [5.74, 6) is 0. The van der Waals surface area contributed by atoms with E-state index in [1.54, 1.807) is 0 Å². The highest BCUT2D eigenvalue weighted by Gasteiger charge is 2.10. The molecule has 0 radical (unpaired) electrons. The van der Waals surface area contributed by atoms with Crippen molar-refractivity contribution in [3.63, 3.8) is 0 Å². The number of thiocarbonyl (C=S) groups is 1. The molecule has 0 atom stereocenters. The largest absolute Gasteiger partial charge is 0.358 e. The van der Waals surface area contributed by atoms with Gasteiger partial charge in [-0.2, -0.15) is 0 Å². The number of hydrogen-bond acceptors (Lipinski definition) is 1. The number of hydrogen-bond donors (Lipinski definition) is 2. The van der Waals surface area contributed by atoms with Gasteiger partial charge in [-0.15, -0.1) is 0 Å². The minimum Gasteiger partial charge on any atom is -0.358 e. The van der Waals surface area contributed by atoms with Crippen LogP contribution < -0.4 is 10.6 Å². The Labute approximate surface area is 103 Å². The summed E-state index contributed by atoms with van der Waals surface area (Å²) in [6, 6.07) is 6.24. The van der Waals surface area contributed by atoms with E-state index in [1.165, 1.54) is 11.1 Å². The third-order valence-corrected chi connectivity index (χ3v) is 2.46. The van der Waals surface area contributed by atoms with Gasteiger partial charge in [-0.3, -0.25) is 0 Å². The van der Waals surface area contributed by atoms with Gasteiger partial charge in [0.05, 0.1) is 0 Å². The van der Waals surface area contributed by atoms with Crippen LogP contribution in [0.25, 0.3) is 0 Å². The predicted octanol–water partition coefficient (Wildman–Crippen LogP) is 3.39. The van der Waals surface area contributed by atoms with Crippen molar-refractivity contribution in [3.8, 4) is 0 Å². The summed E-state index contributed by atoms with van der Waals surface area (Å²) in [4.78, 5) is 0. The van der Waals surface area contributed by atoms with Crippen molar-refractivity contribution in [2.75, 3.05) is 5.32 Å². The highest BCUT2D eigenvalue weighted by molar-refractivity contribution is 7.80. The normalized spacial score (nSPS) is 11.1. The van der Waals surface area contributed by atoms with Crippen LogP contribution in [-0.4, -0.2) is 10.7 Å². The minimum absolute atomic E-state index is 0.0101. The molecule has 0 aliphatic carbocycles. The molecule has 2 N–H and O–H groups in total. The van der Waals surface area contributed by atoms with Crippen LogP contribution in [0.1, 0.15) is 31.9 Å². The summed E-state index contributed by atoms with van der Waals surface area (Å²) < 4.78 is 0. The molecule has 2 nitrogen and oxygen atoms in total. The van der Waals surface area contributed by atoms with Crippen molar-refractivity contribution in [3.05, 3.63) is 29.3 Å². The lowest BCUT2D eigenvalue weighted by Crippen LogP contribution is -2.42. The van der Waals surface area contributed by atoms with Crippen LogP contribution in [0.3, 0.4) is 0 Å². The van der Waals surface area contributed by atoms with Crippen LogP contribution in [0, 0.1) is 13.8 Å². The lowest BCUT2D eigenvalue weighted by Gasteiger charge is -2.23. The molecule has 0 unspecified atom stereocenters. The predicted molar refractivity (Wildman–Crippen MR) is 75.0 cm³/mol. The SMILES string of the molecule is Cc1ccc(NC(=S)NC(C)(C)C)cc1C. The van der Waals surface area contributed by atoms with Gasteiger partial charge in [0.1, 0.15) is 0 Å². The van der Waals surface area contributed by atoms with Crippen molar-refractivity contribution in [2.24, 2.45) is 0 Å². The Morgan fingerprint density at radius 2 is 1.75 bits per heavy atom. The summed E-state index contributed by atoms with van der Waals surface area (Å²) in [5, 5.41) is 7.07. The molecule has 0 heterocycles. The molecule has 1 aromatic rings. The van der Waals surface area contributed by atoms with E-state index in [0.717, 1.165) is 5.69 Å². The van der Waals surface area contributed by atoms with Gasteiger partial charge in [0.15, 0.2) is 5.11 Å². The van der Waals surface area contributed by atoms with Gasteiger partial charge in [0, 0.05) is 11.2 Å². The molecule has 0 aliphatic rings. The van der Waals surface area contributed by atoms with E-state index in [1.807, 2.05) is 6.07 Å². The number of aryl methyl sites for hydroxylation is 2. The molecule has 1 aromatic carbocycles. The minimum atomic E-state index is -0.0101. The van der Waals surface area contributed by atoms with Crippen molar-refractivity contribution in [2.45, 2.75) is 40.2 Å². The highest BCUT2D eigenvalue weighted by atomic mass is 32.1. The van der Waals surface area contributed by atoms with Crippen molar-refractivity contribution in [1.29, 1.82) is 0 Å². The fraction of sp³-hybridized carbons (Fsp3) is 0.462. The molecular formula is C13H20N2S. The summed E-state index contributed by atoms with van der Waals surface area (Å²) in [5.41, 5.74) is 3.58. The smallest absolute Gasteiger partial charge is 0.171 e. The van der Waals surface area contributed by atoms with Crippen molar-refractivity contribution < 1.29 is 0 Å². The molecule has 0 spiro atoms. The van der Waals surface area contributed by atoms with Gasteiger partial charge in [0.25, 0.3) is 0 Å². The van der Waals surface area contributed by atoms with Crippen LogP contribution in [0.2, 0.25) is 0 Å². The number of anilines is 1. The van der Waals surface area contributed by atoms with Gasteiger partial charge in [0.2, 0.25) is 0 Å². The monoisotopic (exact) mass is 236 g/mol. The average Bonchev–Trinajstić information content (AvgIpc) is 2.08. The Bertz CT molecular complexity index is 391. The lowest BCUT2D eigenvalue weighted by molar-refractivity contribution is 0.515. The molecule has 3 heteroatoms. The molecule has 0 saturated carbocycles. The fourth-order valence-electron chi connectivity index (χ4n) is 1.32. The first-order valence-corrected chi connectivity index (χ1v) is 5.85. The molecule has 0 aromatic heterocycles. The van der Waals surface area contributed by atoms with E-state index in [2.05, 4.69) is 57.4 Å². The quantitative estimate of drug-likeness (QED) is 0.731. The lowest BCUT2D eigenvalue weighted by atomic mass is 10.1. The third kappa shape index (κ3) is 4.19. The van der Waals surface area contributed by atoms with Gasteiger partial charge in [-0.05, 0) is 70.1 Å². The molecular weight excluding hydrogens is 216 g/mol. The Morgan fingerprint density at radius 1 is 1.12 bits per heavy atom. The van der Waals surface area contributed by atoms with Gasteiger partial charge < -0.3 is 10.6 Å². The second-order valence-corrected chi connectivity index (χ2v) is 5.54. The standard InChI is InChI=1S/C13H20N2S/c1-9-6-7-11(8-10(9)2)14-12(16)15-13(3,4)5/h6-8H,1-5H3,(H2,14,15,16). The summed E-state index contributed by atoms with van der Waals surface area (Å²) in [7, 11) is 0. The Balaban J connectivity index is 2.67. The number of nitrogens with one attached hydrogen (secondary N) is 2. The third-order valence-electron chi connectivity index (χ3n) is 2.25. The molecule has 0 bridgehead atoms. The van der Waals surface area contributed by atoms with Gasteiger partial charge >= 0.3 is 0 Å². The van der Waals surface area contributed by atoms with E-state index in [-0.39, 0.29) is 5.54 Å². The summed E-state index contributed by atoms with van der Waals surface area (Å²) >= 11 is 5.24. The van der Waals surface area contributed by atoms with E-state index in [9.17, 15) is 0 Å². The van der Waals surface area contributed by atoms with Crippen molar-refractivity contribution in [1.82, 2.24) is 5.32 Å². The molecule has 0 aliphatic heterocycles. The topological polar surface area (TPSA) is 24.1 Å². The van der Waals surface area contributed by atoms with Crippen molar-refractivity contribution >= 4 is 23.0 Å². The zero-order valence-corrected chi connectivity index (χ0v) is 11.5. The van der Waals surface area contributed by atoms with Crippen LogP contribution in [-0.2, 0) is 0 Å². The Kier molecular flexibility index (Phi) is 3.92. The molecule has 16 heavy (non-hydrogen) atoms. The van der Waals surface area contributed by atoms with E-state index >= 15 is 0 Å². The van der Waals surface area contributed by atoms with Crippen LogP contribution >= 0.6 is 12.2 Å². The molecule has 1 rings (SSSR count). The molecule has 0 saturated heterocycles. The van der Waals surface area contributed by atoms with Gasteiger partial charge in [-0.25, -0.2) is 0 Å². The van der Waals surface area contributed by atoms with Crippen LogP contribution in [0.15, 0.2) is 18.2 Å². The first-order valence-electron chi connectivity index (χ1n) is 5.44. The Morgan fingerprint density at radius 3 is 2.25 bits per heavy atom. The second-order valence-electron chi connectivity index (χ2n) is 5.13. The molecule has 88 valence electrons. The van der Waals surface area contributed by atoms with E-state index < -0.39 is 0 Å². The van der Waals surface area contributed by atoms with Gasteiger partial charge in [-0.1, -0.05) is 6.07 Å². The van der Waals surface area contributed by atoms with Crippen LogP contribution in [0.4, 0.5) is 5.69 Å². The fourth-order valence-corrected chi connectivity index (χ4v) is 1.75. The van der Waals surface area contributed by atoms with Crippen LogP contribution in [0.5, 0.6) is 0 Å².